The minimum absolute atomic E-state index is 0.0200. The van der Waals surface area contributed by atoms with Crippen LogP contribution >= 0.6 is 0 Å². The van der Waals surface area contributed by atoms with Gasteiger partial charge in [-0.15, -0.1) is 0 Å². The third-order valence-electron chi connectivity index (χ3n) is 2.52. The highest BCUT2D eigenvalue weighted by molar-refractivity contribution is 5.74. The van der Waals surface area contributed by atoms with Crippen LogP contribution in [0.15, 0.2) is 0 Å². The maximum absolute atomic E-state index is 11.5. The van der Waals surface area contributed by atoms with E-state index in [1.807, 2.05) is 4.90 Å². The largest absolute Gasteiger partial charge is 0.370 e. The zero-order valence-corrected chi connectivity index (χ0v) is 9.00. The fourth-order valence-corrected chi connectivity index (χ4v) is 1.65. The molecule has 1 fully saturated rings. The molecule has 0 saturated carbocycles. The number of nitrogens with two attached hydrogens (primary N) is 1. The van der Waals surface area contributed by atoms with E-state index in [0.29, 0.717) is 13.0 Å². The van der Waals surface area contributed by atoms with E-state index in [9.17, 15) is 9.59 Å². The van der Waals surface area contributed by atoms with Crippen molar-refractivity contribution in [1.82, 2.24) is 10.2 Å². The van der Waals surface area contributed by atoms with Gasteiger partial charge < -0.3 is 16.0 Å². The molecule has 15 heavy (non-hydrogen) atoms. The Morgan fingerprint density at radius 1 is 1.20 bits per heavy atom. The van der Waals surface area contributed by atoms with Crippen molar-refractivity contribution in [3.63, 3.8) is 0 Å². The molecule has 0 unspecified atom stereocenters. The number of amides is 3. The van der Waals surface area contributed by atoms with Gasteiger partial charge in [0.15, 0.2) is 0 Å². The van der Waals surface area contributed by atoms with Gasteiger partial charge in [-0.3, -0.25) is 4.79 Å². The second kappa shape index (κ2) is 6.27. The lowest BCUT2D eigenvalue weighted by atomic mass is 10.2. The number of hydrogen-bond donors (Lipinski definition) is 2. The summed E-state index contributed by atoms with van der Waals surface area (Å²) in [6.07, 6.45) is 4.17. The fraction of sp³-hybridized carbons (Fsp3) is 0.800. The van der Waals surface area contributed by atoms with E-state index in [1.165, 1.54) is 0 Å². The predicted molar refractivity (Wildman–Crippen MR) is 57.3 cm³/mol. The Bertz CT molecular complexity index is 225. The average Bonchev–Trinajstić information content (AvgIpc) is 2.69. The molecule has 0 aliphatic carbocycles. The fourth-order valence-electron chi connectivity index (χ4n) is 1.65. The first kappa shape index (κ1) is 11.8. The van der Waals surface area contributed by atoms with Crippen LogP contribution in [0.2, 0.25) is 0 Å². The molecule has 0 atom stereocenters. The van der Waals surface area contributed by atoms with Crippen LogP contribution in [-0.2, 0) is 4.79 Å². The zero-order valence-electron chi connectivity index (χ0n) is 9.00. The lowest BCUT2D eigenvalue weighted by Crippen LogP contribution is -2.38. The number of unbranched alkanes of at least 4 members (excludes halogenated alkanes) is 1. The third kappa shape index (κ3) is 4.67. The first-order valence-electron chi connectivity index (χ1n) is 5.51. The van der Waals surface area contributed by atoms with Gasteiger partial charge in [-0.05, 0) is 25.7 Å². The van der Waals surface area contributed by atoms with Crippen molar-refractivity contribution in [3.05, 3.63) is 0 Å². The number of nitrogens with one attached hydrogen (secondary N) is 1. The molecular weight excluding hydrogens is 194 g/mol. The van der Waals surface area contributed by atoms with E-state index in [1.54, 1.807) is 0 Å². The van der Waals surface area contributed by atoms with Crippen LogP contribution in [0.3, 0.4) is 0 Å². The van der Waals surface area contributed by atoms with Gasteiger partial charge in [0, 0.05) is 26.1 Å². The maximum Gasteiger partial charge on any atom is 0.317 e. The van der Waals surface area contributed by atoms with Crippen molar-refractivity contribution in [2.24, 2.45) is 5.73 Å². The molecular formula is C10H19N3O2. The van der Waals surface area contributed by atoms with Gasteiger partial charge in [-0.2, -0.15) is 0 Å². The summed E-state index contributed by atoms with van der Waals surface area (Å²) in [6.45, 7) is 2.36. The molecule has 5 nitrogen and oxygen atoms in total. The summed E-state index contributed by atoms with van der Waals surface area (Å²) >= 11 is 0. The Morgan fingerprint density at radius 3 is 2.47 bits per heavy atom. The van der Waals surface area contributed by atoms with Crippen LogP contribution in [-0.4, -0.2) is 36.5 Å². The normalized spacial score (nSPS) is 15.3. The molecule has 0 bridgehead atoms. The van der Waals surface area contributed by atoms with Gasteiger partial charge in [-0.25, -0.2) is 4.79 Å². The highest BCUT2D eigenvalue weighted by atomic mass is 16.2. The van der Waals surface area contributed by atoms with Gasteiger partial charge in [-0.1, -0.05) is 0 Å². The monoisotopic (exact) mass is 213 g/mol. The minimum Gasteiger partial charge on any atom is -0.370 e. The van der Waals surface area contributed by atoms with Crippen molar-refractivity contribution >= 4 is 11.9 Å². The smallest absolute Gasteiger partial charge is 0.317 e. The molecule has 0 spiro atoms. The highest BCUT2D eigenvalue weighted by Crippen LogP contribution is 2.06. The van der Waals surface area contributed by atoms with Crippen molar-refractivity contribution in [1.29, 1.82) is 0 Å². The molecule has 1 aliphatic rings. The number of carbonyl (C=O) groups is 2. The highest BCUT2D eigenvalue weighted by Gasteiger charge is 2.16. The first-order chi connectivity index (χ1) is 7.20. The molecule has 3 N–H and O–H groups in total. The van der Waals surface area contributed by atoms with Gasteiger partial charge in [0.25, 0.3) is 0 Å². The van der Waals surface area contributed by atoms with Gasteiger partial charge in [0.05, 0.1) is 0 Å². The second-order valence-electron chi connectivity index (χ2n) is 3.85. The van der Waals surface area contributed by atoms with Crippen LogP contribution < -0.4 is 11.1 Å². The lowest BCUT2D eigenvalue weighted by Gasteiger charge is -2.15. The lowest BCUT2D eigenvalue weighted by molar-refractivity contribution is -0.118. The summed E-state index contributed by atoms with van der Waals surface area (Å²) in [6, 6.07) is 0.0200. The molecule has 0 aromatic carbocycles. The van der Waals surface area contributed by atoms with Crippen LogP contribution in [0.4, 0.5) is 4.79 Å². The predicted octanol–water partition coefficient (Wildman–Crippen LogP) is 0.447. The molecule has 5 heteroatoms. The Balaban J connectivity index is 1.99. The van der Waals surface area contributed by atoms with Crippen LogP contribution in [0.1, 0.15) is 32.1 Å². The Morgan fingerprint density at radius 2 is 1.87 bits per heavy atom. The quantitative estimate of drug-likeness (QED) is 0.650. The molecule has 86 valence electrons. The average molecular weight is 213 g/mol. The molecule has 0 aromatic rings. The number of likely N-dealkylation sites (tertiary alicyclic amines) is 1. The third-order valence-corrected chi connectivity index (χ3v) is 2.52. The molecule has 3 amide bonds. The Hall–Kier alpha value is -1.26. The SMILES string of the molecule is NC(=O)CCCCNC(=O)N1CCCC1. The maximum atomic E-state index is 11.5. The molecule has 0 radical (unpaired) electrons. The van der Waals surface area contributed by atoms with Crippen molar-refractivity contribution in [2.45, 2.75) is 32.1 Å². The summed E-state index contributed by atoms with van der Waals surface area (Å²) in [5, 5.41) is 2.83. The summed E-state index contributed by atoms with van der Waals surface area (Å²) < 4.78 is 0. The molecule has 1 rings (SSSR count). The Kier molecular flexibility index (Phi) is 4.93. The summed E-state index contributed by atoms with van der Waals surface area (Å²) in [5.41, 5.74) is 5.00. The molecule has 0 aromatic heterocycles. The summed E-state index contributed by atoms with van der Waals surface area (Å²) in [5.74, 6) is -0.277. The van der Waals surface area contributed by atoms with E-state index in [2.05, 4.69) is 5.32 Å². The number of primary amides is 1. The number of hydrogen-bond acceptors (Lipinski definition) is 2. The summed E-state index contributed by atoms with van der Waals surface area (Å²) in [7, 11) is 0. The van der Waals surface area contributed by atoms with Crippen molar-refractivity contribution < 1.29 is 9.59 Å². The number of urea groups is 1. The van der Waals surface area contributed by atoms with Crippen molar-refractivity contribution in [2.75, 3.05) is 19.6 Å². The van der Waals surface area contributed by atoms with Crippen LogP contribution in [0.25, 0.3) is 0 Å². The zero-order chi connectivity index (χ0) is 11.1. The van der Waals surface area contributed by atoms with E-state index in [4.69, 9.17) is 5.73 Å². The standard InChI is InChI=1S/C10H19N3O2/c11-9(14)5-1-2-6-12-10(15)13-7-3-4-8-13/h1-8H2,(H2,11,14)(H,12,15). The van der Waals surface area contributed by atoms with E-state index >= 15 is 0 Å². The minimum atomic E-state index is -0.277. The van der Waals surface area contributed by atoms with E-state index < -0.39 is 0 Å². The van der Waals surface area contributed by atoms with Gasteiger partial charge >= 0.3 is 6.03 Å². The topological polar surface area (TPSA) is 75.4 Å². The van der Waals surface area contributed by atoms with Gasteiger partial charge in [0.1, 0.15) is 0 Å². The Labute approximate surface area is 90.0 Å². The van der Waals surface area contributed by atoms with Crippen molar-refractivity contribution in [3.8, 4) is 0 Å². The molecule has 1 saturated heterocycles. The number of carbonyl (C=O) groups excluding carboxylic acids is 2. The second-order valence-corrected chi connectivity index (χ2v) is 3.85. The first-order valence-corrected chi connectivity index (χ1v) is 5.51. The number of nitrogens with zero attached hydrogens (tertiary/aromatic N) is 1. The number of rotatable bonds is 5. The van der Waals surface area contributed by atoms with E-state index in [-0.39, 0.29) is 11.9 Å². The molecule has 1 heterocycles. The van der Waals surface area contributed by atoms with Crippen LogP contribution in [0.5, 0.6) is 0 Å². The molecule has 1 aliphatic heterocycles. The van der Waals surface area contributed by atoms with Gasteiger partial charge in [0.2, 0.25) is 5.91 Å². The van der Waals surface area contributed by atoms with E-state index in [0.717, 1.165) is 38.8 Å². The van der Waals surface area contributed by atoms with Crippen LogP contribution in [0, 0.1) is 0 Å². The summed E-state index contributed by atoms with van der Waals surface area (Å²) in [4.78, 5) is 23.7.